The third kappa shape index (κ3) is 2.95. The minimum Gasteiger partial charge on any atom is -0.379 e. The van der Waals surface area contributed by atoms with E-state index in [0.29, 0.717) is 11.1 Å². The van der Waals surface area contributed by atoms with E-state index in [9.17, 15) is 18.4 Å². The highest BCUT2D eigenvalue weighted by atomic mass is 19.1. The molecule has 0 aliphatic carbocycles. The van der Waals surface area contributed by atoms with Crippen LogP contribution in [-0.2, 0) is 20.5 Å². The Hall–Kier alpha value is -3.31. The number of hydrogen-bond donors (Lipinski definition) is 1. The van der Waals surface area contributed by atoms with Crippen molar-refractivity contribution in [1.82, 2.24) is 10.2 Å². The van der Waals surface area contributed by atoms with Gasteiger partial charge in [0.15, 0.2) is 0 Å². The summed E-state index contributed by atoms with van der Waals surface area (Å²) in [6.45, 7) is 1.71. The number of nitriles is 1. The van der Waals surface area contributed by atoms with Gasteiger partial charge in [-0.2, -0.15) is 5.26 Å². The van der Waals surface area contributed by atoms with Crippen molar-refractivity contribution in [2.45, 2.75) is 17.9 Å². The average Bonchev–Trinajstić information content (AvgIpc) is 2.89. The number of ether oxygens (including phenoxy) is 1. The Morgan fingerprint density at radius 2 is 1.86 bits per heavy atom. The second-order valence-electron chi connectivity index (χ2n) is 7.53. The van der Waals surface area contributed by atoms with Crippen molar-refractivity contribution in [3.05, 3.63) is 70.8 Å². The molecule has 3 amide bonds. The van der Waals surface area contributed by atoms with E-state index in [4.69, 9.17) is 10.00 Å². The molecule has 1 atom stereocenters. The Morgan fingerprint density at radius 1 is 1.17 bits per heavy atom. The highest BCUT2D eigenvalue weighted by Gasteiger charge is 2.53. The molecule has 2 heterocycles. The SMILES string of the molecule is CC1(c2ccc(C#N)cc2)NC(=O)N(CC2(c3ccc(F)cc3F)COC2)C1=O. The molecule has 8 heteroatoms. The average molecular weight is 397 g/mol. The number of urea groups is 1. The largest absolute Gasteiger partial charge is 0.379 e. The van der Waals surface area contributed by atoms with Crippen molar-refractivity contribution in [1.29, 1.82) is 5.26 Å². The number of amides is 3. The fourth-order valence-electron chi connectivity index (χ4n) is 3.82. The lowest BCUT2D eigenvalue weighted by atomic mass is 9.77. The van der Waals surface area contributed by atoms with E-state index in [1.165, 1.54) is 6.07 Å². The van der Waals surface area contributed by atoms with Gasteiger partial charge in [0.2, 0.25) is 0 Å². The molecular weight excluding hydrogens is 380 g/mol. The van der Waals surface area contributed by atoms with Gasteiger partial charge < -0.3 is 10.1 Å². The van der Waals surface area contributed by atoms with Crippen molar-refractivity contribution < 1.29 is 23.1 Å². The molecule has 2 aromatic rings. The van der Waals surface area contributed by atoms with Gasteiger partial charge in [-0.3, -0.25) is 9.69 Å². The van der Waals surface area contributed by atoms with Crippen molar-refractivity contribution in [3.63, 3.8) is 0 Å². The normalized spacial score (nSPS) is 22.8. The molecule has 2 aromatic carbocycles. The van der Waals surface area contributed by atoms with E-state index in [0.717, 1.165) is 17.0 Å². The Morgan fingerprint density at radius 3 is 2.41 bits per heavy atom. The molecule has 0 radical (unpaired) electrons. The molecule has 4 rings (SSSR count). The molecule has 2 aliphatic rings. The summed E-state index contributed by atoms with van der Waals surface area (Å²) in [5.41, 5.74) is -1.07. The summed E-state index contributed by atoms with van der Waals surface area (Å²) < 4.78 is 33.0. The van der Waals surface area contributed by atoms with Crippen molar-refractivity contribution in [3.8, 4) is 6.07 Å². The van der Waals surface area contributed by atoms with Crippen LogP contribution < -0.4 is 5.32 Å². The number of halogens is 2. The number of nitrogens with one attached hydrogen (secondary N) is 1. The molecule has 0 aromatic heterocycles. The first-order chi connectivity index (χ1) is 13.8. The van der Waals surface area contributed by atoms with E-state index in [1.807, 2.05) is 6.07 Å². The van der Waals surface area contributed by atoms with Crippen LogP contribution in [0.15, 0.2) is 42.5 Å². The maximum atomic E-state index is 14.4. The maximum Gasteiger partial charge on any atom is 0.325 e. The monoisotopic (exact) mass is 397 g/mol. The van der Waals surface area contributed by atoms with Crippen LogP contribution in [0.25, 0.3) is 0 Å². The van der Waals surface area contributed by atoms with E-state index < -0.39 is 34.5 Å². The lowest BCUT2D eigenvalue weighted by Crippen LogP contribution is -2.56. The number of carbonyl (C=O) groups is 2. The molecule has 6 nitrogen and oxygen atoms in total. The van der Waals surface area contributed by atoms with Crippen LogP contribution in [0.4, 0.5) is 13.6 Å². The van der Waals surface area contributed by atoms with Gasteiger partial charge in [0.05, 0.1) is 30.3 Å². The smallest absolute Gasteiger partial charge is 0.325 e. The summed E-state index contributed by atoms with van der Waals surface area (Å²) in [5.74, 6) is -1.93. The zero-order chi connectivity index (χ0) is 20.8. The van der Waals surface area contributed by atoms with Crippen molar-refractivity contribution in [2.24, 2.45) is 0 Å². The van der Waals surface area contributed by atoms with Crippen LogP contribution in [0.5, 0.6) is 0 Å². The Bertz CT molecular complexity index is 1040. The number of imide groups is 1. The number of benzene rings is 2. The third-order valence-electron chi connectivity index (χ3n) is 5.59. The van der Waals surface area contributed by atoms with E-state index in [1.54, 1.807) is 31.2 Å². The molecule has 1 unspecified atom stereocenters. The van der Waals surface area contributed by atoms with Gasteiger partial charge in [-0.05, 0) is 30.7 Å². The van der Waals surface area contributed by atoms with Gasteiger partial charge in [-0.1, -0.05) is 18.2 Å². The predicted molar refractivity (Wildman–Crippen MR) is 97.6 cm³/mol. The molecule has 2 fully saturated rings. The van der Waals surface area contributed by atoms with Crippen molar-refractivity contribution >= 4 is 11.9 Å². The fraction of sp³-hybridized carbons (Fsp3) is 0.286. The molecule has 1 N–H and O–H groups in total. The molecule has 148 valence electrons. The lowest BCUT2D eigenvalue weighted by molar-refractivity contribution is -0.135. The molecular formula is C21H17F2N3O3. The Labute approximate surface area is 165 Å². The highest BCUT2D eigenvalue weighted by molar-refractivity contribution is 6.07. The van der Waals surface area contributed by atoms with Crippen LogP contribution in [0.2, 0.25) is 0 Å². The number of carbonyl (C=O) groups excluding carboxylic acids is 2. The van der Waals surface area contributed by atoms with Gasteiger partial charge in [-0.25, -0.2) is 13.6 Å². The van der Waals surface area contributed by atoms with E-state index in [2.05, 4.69) is 5.32 Å². The molecule has 29 heavy (non-hydrogen) atoms. The topological polar surface area (TPSA) is 82.4 Å². The minimum absolute atomic E-state index is 0.0912. The van der Waals surface area contributed by atoms with Crippen LogP contribution in [0, 0.1) is 23.0 Å². The van der Waals surface area contributed by atoms with E-state index in [-0.39, 0.29) is 25.3 Å². The molecule has 2 saturated heterocycles. The van der Waals surface area contributed by atoms with Crippen molar-refractivity contribution in [2.75, 3.05) is 19.8 Å². The zero-order valence-electron chi connectivity index (χ0n) is 15.5. The second kappa shape index (κ2) is 6.64. The molecule has 0 bridgehead atoms. The first-order valence-electron chi connectivity index (χ1n) is 8.97. The van der Waals surface area contributed by atoms with Gasteiger partial charge >= 0.3 is 6.03 Å². The summed E-state index contributed by atoms with van der Waals surface area (Å²) in [4.78, 5) is 26.8. The van der Waals surface area contributed by atoms with E-state index >= 15 is 0 Å². The molecule has 0 saturated carbocycles. The number of rotatable bonds is 4. The second-order valence-corrected chi connectivity index (χ2v) is 7.53. The quantitative estimate of drug-likeness (QED) is 0.804. The Balaban J connectivity index is 1.64. The van der Waals surface area contributed by atoms with Gasteiger partial charge in [0, 0.05) is 18.2 Å². The fourth-order valence-corrected chi connectivity index (χ4v) is 3.82. The standard InChI is InChI=1S/C21H17F2N3O3/c1-20(14-4-2-13(9-24)3-5-14)18(27)26(19(28)25-20)10-21(11-29-12-21)16-7-6-15(22)8-17(16)23/h2-8H,10-12H2,1H3,(H,25,28). The van der Waals surface area contributed by atoms with Crippen LogP contribution in [0.1, 0.15) is 23.6 Å². The van der Waals surface area contributed by atoms with Gasteiger partial charge in [0.25, 0.3) is 5.91 Å². The summed E-state index contributed by atoms with van der Waals surface area (Å²) in [5, 5.41) is 11.6. The molecule has 0 spiro atoms. The number of hydrogen-bond acceptors (Lipinski definition) is 4. The highest BCUT2D eigenvalue weighted by Crippen LogP contribution is 2.38. The predicted octanol–water partition coefficient (Wildman–Crippen LogP) is 2.57. The lowest BCUT2D eigenvalue weighted by Gasteiger charge is -2.43. The summed E-state index contributed by atoms with van der Waals surface area (Å²) >= 11 is 0. The van der Waals surface area contributed by atoms with Crippen LogP contribution in [-0.4, -0.2) is 36.6 Å². The summed E-state index contributed by atoms with van der Waals surface area (Å²) in [6, 6.07) is 11.0. The maximum absolute atomic E-state index is 14.4. The van der Waals surface area contributed by atoms with Gasteiger partial charge in [-0.15, -0.1) is 0 Å². The zero-order valence-corrected chi connectivity index (χ0v) is 15.5. The van der Waals surface area contributed by atoms with Crippen LogP contribution in [0.3, 0.4) is 0 Å². The van der Waals surface area contributed by atoms with Crippen LogP contribution >= 0.6 is 0 Å². The minimum atomic E-state index is -1.31. The third-order valence-corrected chi connectivity index (χ3v) is 5.59. The first-order valence-corrected chi connectivity index (χ1v) is 8.97. The molecule has 2 aliphatic heterocycles. The van der Waals surface area contributed by atoms with Gasteiger partial charge in [0.1, 0.15) is 17.2 Å². The Kier molecular flexibility index (Phi) is 4.35. The summed E-state index contributed by atoms with van der Waals surface area (Å²) in [7, 11) is 0. The number of nitrogens with zero attached hydrogens (tertiary/aromatic N) is 2. The first kappa shape index (κ1) is 19.0. The summed E-state index contributed by atoms with van der Waals surface area (Å²) in [6.07, 6.45) is 0.